The van der Waals surface area contributed by atoms with Crippen molar-refractivity contribution in [3.8, 4) is 0 Å². The third kappa shape index (κ3) is 3.58. The molecule has 0 unspecified atom stereocenters. The predicted octanol–water partition coefficient (Wildman–Crippen LogP) is 1.48. The van der Waals surface area contributed by atoms with E-state index < -0.39 is 10.0 Å². The second kappa shape index (κ2) is 6.60. The monoisotopic (exact) mass is 341 g/mol. The zero-order chi connectivity index (χ0) is 16.4. The second-order valence-electron chi connectivity index (χ2n) is 6.44. The number of aromatic nitrogens is 1. The minimum absolute atomic E-state index is 0.00888. The van der Waals surface area contributed by atoms with Gasteiger partial charge in [0.2, 0.25) is 10.0 Å². The largest absolute Gasteiger partial charge is 0.364 e. The first-order valence-corrected chi connectivity index (χ1v) is 10.00. The molecule has 0 bridgehead atoms. The van der Waals surface area contributed by atoms with Crippen molar-refractivity contribution in [2.24, 2.45) is 0 Å². The number of hydrogen-bond donors (Lipinski definition) is 0. The third-order valence-corrected chi connectivity index (χ3v) is 6.18. The highest BCUT2D eigenvalue weighted by Crippen LogP contribution is 2.32. The van der Waals surface area contributed by atoms with Gasteiger partial charge in [0.1, 0.15) is 6.26 Å². The molecule has 0 spiro atoms. The van der Waals surface area contributed by atoms with Crippen LogP contribution in [0.25, 0.3) is 0 Å². The van der Waals surface area contributed by atoms with Gasteiger partial charge in [0.25, 0.3) is 5.91 Å². The summed E-state index contributed by atoms with van der Waals surface area (Å²) in [5.41, 5.74) is 0.308. The number of nitrogens with zero attached hydrogens (tertiary/aromatic N) is 3. The number of sulfonamides is 1. The van der Waals surface area contributed by atoms with Gasteiger partial charge in [-0.05, 0) is 32.1 Å². The molecule has 128 valence electrons. The van der Waals surface area contributed by atoms with Gasteiger partial charge >= 0.3 is 0 Å². The van der Waals surface area contributed by atoms with E-state index in [0.29, 0.717) is 25.2 Å². The van der Waals surface area contributed by atoms with Crippen LogP contribution in [0.2, 0.25) is 0 Å². The van der Waals surface area contributed by atoms with E-state index >= 15 is 0 Å². The first-order chi connectivity index (χ1) is 11.0. The normalized spacial score (nSPS) is 23.6. The van der Waals surface area contributed by atoms with E-state index in [1.54, 1.807) is 15.3 Å². The molecular weight excluding hydrogens is 318 g/mol. The fraction of sp³-hybridized carbons (Fsp3) is 0.733. The maximum absolute atomic E-state index is 12.4. The molecule has 0 radical (unpaired) electrons. The first kappa shape index (κ1) is 16.4. The molecule has 7 nitrogen and oxygen atoms in total. The van der Waals surface area contributed by atoms with Crippen LogP contribution in [-0.4, -0.2) is 60.1 Å². The Kier molecular flexibility index (Phi) is 4.72. The Hall–Kier alpha value is -1.41. The van der Waals surface area contributed by atoms with Crippen molar-refractivity contribution in [1.82, 2.24) is 14.4 Å². The molecule has 3 rings (SSSR count). The molecule has 1 aromatic rings. The Morgan fingerprint density at radius 3 is 2.48 bits per heavy atom. The number of amides is 1. The van der Waals surface area contributed by atoms with Crippen LogP contribution in [0.4, 0.5) is 0 Å². The van der Waals surface area contributed by atoms with Crippen molar-refractivity contribution in [1.29, 1.82) is 0 Å². The van der Waals surface area contributed by atoms with Gasteiger partial charge in [-0.25, -0.2) is 8.42 Å². The summed E-state index contributed by atoms with van der Waals surface area (Å²) in [5, 5.41) is 3.69. The molecule has 1 amide bonds. The second-order valence-corrected chi connectivity index (χ2v) is 8.33. The summed E-state index contributed by atoms with van der Waals surface area (Å²) in [5.74, 6) is -0.144. The first-order valence-electron chi connectivity index (χ1n) is 8.15. The number of carbonyl (C=O) groups excluding carboxylic acids is 1. The zero-order valence-corrected chi connectivity index (χ0v) is 14.2. The number of hydrogen-bond acceptors (Lipinski definition) is 5. The Balaban J connectivity index is 1.69. The van der Waals surface area contributed by atoms with E-state index in [2.05, 4.69) is 5.16 Å². The highest BCUT2D eigenvalue weighted by Gasteiger charge is 2.37. The number of rotatable bonds is 4. The van der Waals surface area contributed by atoms with Crippen LogP contribution in [0, 0.1) is 0 Å². The highest BCUT2D eigenvalue weighted by molar-refractivity contribution is 7.88. The molecular formula is C15H23N3O4S. The SMILES string of the molecule is CS(=O)(=O)N(C1CCC1)[C@@H]1CCCN(C(=O)c2ccon2)CC1. The zero-order valence-electron chi connectivity index (χ0n) is 13.3. The van der Waals surface area contributed by atoms with E-state index in [1.165, 1.54) is 12.5 Å². The van der Waals surface area contributed by atoms with Crippen molar-refractivity contribution in [2.45, 2.75) is 50.6 Å². The summed E-state index contributed by atoms with van der Waals surface area (Å²) in [6, 6.07) is 1.69. The van der Waals surface area contributed by atoms with Gasteiger partial charge in [-0.3, -0.25) is 4.79 Å². The van der Waals surface area contributed by atoms with Gasteiger partial charge in [-0.1, -0.05) is 11.6 Å². The maximum Gasteiger partial charge on any atom is 0.276 e. The van der Waals surface area contributed by atoms with Gasteiger partial charge in [0.05, 0.1) is 6.26 Å². The molecule has 2 aliphatic rings. The molecule has 0 N–H and O–H groups in total. The summed E-state index contributed by atoms with van der Waals surface area (Å²) in [4.78, 5) is 14.1. The molecule has 0 aromatic carbocycles. The summed E-state index contributed by atoms with van der Waals surface area (Å²) in [7, 11) is -3.22. The van der Waals surface area contributed by atoms with E-state index in [-0.39, 0.29) is 18.0 Å². The standard InChI is InChI=1S/C15H23N3O4S/c1-23(20,21)18(12-4-2-5-12)13-6-3-9-17(10-7-13)15(19)14-8-11-22-16-14/h8,11-13H,2-7,9-10H2,1H3/t13-/m1/s1. The lowest BCUT2D eigenvalue weighted by atomic mass is 9.91. The van der Waals surface area contributed by atoms with Crippen molar-refractivity contribution < 1.29 is 17.7 Å². The van der Waals surface area contributed by atoms with Crippen LogP contribution in [0.3, 0.4) is 0 Å². The maximum atomic E-state index is 12.4. The van der Waals surface area contributed by atoms with Crippen molar-refractivity contribution >= 4 is 15.9 Å². The van der Waals surface area contributed by atoms with Crippen LogP contribution in [0.1, 0.15) is 49.0 Å². The van der Waals surface area contributed by atoms with Gasteiger partial charge in [0.15, 0.2) is 5.69 Å². The van der Waals surface area contributed by atoms with Crippen LogP contribution >= 0.6 is 0 Å². The van der Waals surface area contributed by atoms with Crippen LogP contribution in [0.15, 0.2) is 16.9 Å². The van der Waals surface area contributed by atoms with E-state index in [1.807, 2.05) is 0 Å². The molecule has 1 saturated heterocycles. The smallest absolute Gasteiger partial charge is 0.276 e. The Morgan fingerprint density at radius 2 is 1.91 bits per heavy atom. The van der Waals surface area contributed by atoms with Crippen molar-refractivity contribution in [3.05, 3.63) is 18.0 Å². The van der Waals surface area contributed by atoms with Gasteiger partial charge in [-0.15, -0.1) is 0 Å². The minimum atomic E-state index is -3.22. The highest BCUT2D eigenvalue weighted by atomic mass is 32.2. The molecule has 8 heteroatoms. The Bertz CT molecular complexity index is 640. The fourth-order valence-electron chi connectivity index (χ4n) is 3.50. The number of carbonyl (C=O) groups is 1. The Morgan fingerprint density at radius 1 is 1.22 bits per heavy atom. The topological polar surface area (TPSA) is 83.7 Å². The number of likely N-dealkylation sites (tertiary alicyclic amines) is 1. The average Bonchev–Trinajstić information content (AvgIpc) is 2.86. The van der Waals surface area contributed by atoms with Crippen LogP contribution in [-0.2, 0) is 10.0 Å². The quantitative estimate of drug-likeness (QED) is 0.828. The lowest BCUT2D eigenvalue weighted by Gasteiger charge is -2.40. The molecule has 23 heavy (non-hydrogen) atoms. The van der Waals surface area contributed by atoms with E-state index in [9.17, 15) is 13.2 Å². The lowest BCUT2D eigenvalue weighted by molar-refractivity contribution is 0.0747. The molecule has 1 atom stereocenters. The summed E-state index contributed by atoms with van der Waals surface area (Å²) >= 11 is 0. The minimum Gasteiger partial charge on any atom is -0.364 e. The van der Waals surface area contributed by atoms with Crippen LogP contribution < -0.4 is 0 Å². The van der Waals surface area contributed by atoms with E-state index in [4.69, 9.17) is 4.52 Å². The van der Waals surface area contributed by atoms with Gasteiger partial charge in [0, 0.05) is 31.2 Å². The predicted molar refractivity (Wildman–Crippen MR) is 84.4 cm³/mol. The molecule has 2 fully saturated rings. The molecule has 2 heterocycles. The molecule has 1 aliphatic carbocycles. The van der Waals surface area contributed by atoms with Crippen LogP contribution in [0.5, 0.6) is 0 Å². The fourth-order valence-corrected chi connectivity index (χ4v) is 5.01. The van der Waals surface area contributed by atoms with Gasteiger partial charge in [-0.2, -0.15) is 4.31 Å². The third-order valence-electron chi connectivity index (χ3n) is 4.82. The van der Waals surface area contributed by atoms with Gasteiger partial charge < -0.3 is 9.42 Å². The summed E-state index contributed by atoms with van der Waals surface area (Å²) in [6.07, 6.45) is 7.95. The summed E-state index contributed by atoms with van der Waals surface area (Å²) < 4.78 is 30.8. The average molecular weight is 341 g/mol. The Labute approximate surface area is 136 Å². The molecule has 1 aromatic heterocycles. The lowest BCUT2D eigenvalue weighted by Crippen LogP contribution is -2.50. The molecule has 1 saturated carbocycles. The van der Waals surface area contributed by atoms with Crippen molar-refractivity contribution in [2.75, 3.05) is 19.3 Å². The summed E-state index contributed by atoms with van der Waals surface area (Å²) in [6.45, 7) is 1.18. The van der Waals surface area contributed by atoms with Crippen molar-refractivity contribution in [3.63, 3.8) is 0 Å². The van der Waals surface area contributed by atoms with E-state index in [0.717, 1.165) is 32.1 Å². The molecule has 1 aliphatic heterocycles.